The van der Waals surface area contributed by atoms with E-state index < -0.39 is 30.2 Å². The van der Waals surface area contributed by atoms with Crippen LogP contribution in [0, 0.1) is 17.2 Å². The second-order valence-electron chi connectivity index (χ2n) is 5.17. The molecule has 3 aliphatic rings. The van der Waals surface area contributed by atoms with Crippen LogP contribution in [0.2, 0.25) is 0 Å². The van der Waals surface area contributed by atoms with E-state index in [1.807, 2.05) is 0 Å². The van der Waals surface area contributed by atoms with Gasteiger partial charge in [0.05, 0.1) is 6.61 Å². The molecule has 0 spiro atoms. The zero-order valence-electron chi connectivity index (χ0n) is 9.64. The van der Waals surface area contributed by atoms with Crippen LogP contribution >= 0.6 is 0 Å². The summed E-state index contributed by atoms with van der Waals surface area (Å²) in [6.07, 6.45) is 1.06. The maximum Gasteiger partial charge on any atom is 0.189 e. The lowest BCUT2D eigenvalue weighted by atomic mass is 9.70. The van der Waals surface area contributed by atoms with Gasteiger partial charge in [0.2, 0.25) is 0 Å². The van der Waals surface area contributed by atoms with Gasteiger partial charge in [-0.05, 0) is 12.5 Å². The molecule has 0 aromatic rings. The Morgan fingerprint density at radius 1 is 1.61 bits per heavy atom. The number of hydrogen-bond acceptors (Lipinski definition) is 5. The Hall–Kier alpha value is -1.18. The molecule has 0 aromatic heterocycles. The van der Waals surface area contributed by atoms with E-state index in [1.54, 1.807) is 0 Å². The Labute approximate surface area is 103 Å². The molecule has 6 atom stereocenters. The summed E-state index contributed by atoms with van der Waals surface area (Å²) in [6.45, 7) is -0.424. The zero-order valence-corrected chi connectivity index (χ0v) is 9.64. The fraction of sp³-hybridized carbons (Fsp3) is 0.727. The lowest BCUT2D eigenvalue weighted by molar-refractivity contribution is -0.195. The molecule has 1 saturated heterocycles. The predicted octanol–water partition coefficient (Wildman–Crippen LogP) is -1.17. The molecule has 0 amide bonds. The summed E-state index contributed by atoms with van der Waals surface area (Å²) in [6, 6.07) is 0. The number of alkyl halides is 1. The van der Waals surface area contributed by atoms with Gasteiger partial charge < -0.3 is 26.0 Å². The lowest BCUT2D eigenvalue weighted by Gasteiger charge is -2.48. The molecule has 3 fully saturated rings. The number of amidine groups is 1. The molecule has 2 aliphatic carbocycles. The van der Waals surface area contributed by atoms with E-state index >= 15 is 0 Å². The molecule has 3 rings (SSSR count). The van der Waals surface area contributed by atoms with Gasteiger partial charge >= 0.3 is 0 Å². The van der Waals surface area contributed by atoms with Crippen molar-refractivity contribution in [1.29, 1.82) is 5.41 Å². The zero-order chi connectivity index (χ0) is 13.1. The fourth-order valence-corrected chi connectivity index (χ4v) is 3.41. The summed E-state index contributed by atoms with van der Waals surface area (Å²) in [7, 11) is 0. The van der Waals surface area contributed by atoms with Crippen LogP contribution in [-0.2, 0) is 4.74 Å². The minimum Gasteiger partial charge on any atom is -0.394 e. The third-order valence-electron chi connectivity index (χ3n) is 4.28. The predicted molar refractivity (Wildman–Crippen MR) is 60.3 cm³/mol. The van der Waals surface area contributed by atoms with Gasteiger partial charge in [0, 0.05) is 18.0 Å². The van der Waals surface area contributed by atoms with Crippen molar-refractivity contribution in [3.63, 3.8) is 0 Å². The average Bonchev–Trinajstić information content (AvgIpc) is 3.06. The van der Waals surface area contributed by atoms with Crippen molar-refractivity contribution in [3.8, 4) is 0 Å². The minimum atomic E-state index is -1.87. The molecular weight excluding hydrogens is 241 g/mol. The van der Waals surface area contributed by atoms with Gasteiger partial charge in [-0.1, -0.05) is 0 Å². The van der Waals surface area contributed by atoms with E-state index in [1.165, 1.54) is 12.3 Å². The SMILES string of the molecule is N=C(N)/C=C\N[C@]12O[C@H](CO)C(O)[C@]1(F)C1CC12. The molecule has 3 unspecified atom stereocenters. The number of nitrogens with one attached hydrogen (secondary N) is 2. The van der Waals surface area contributed by atoms with E-state index in [9.17, 15) is 9.50 Å². The first-order valence-electron chi connectivity index (χ1n) is 5.91. The number of aliphatic hydroxyl groups excluding tert-OH is 2. The standard InChI is InChI=1S/C11H16FN3O3/c12-10-5-3-6(5)11(10,15-2-1-8(13)14)18-7(4-16)9(10)17/h1-2,5-7,9,15-17H,3-4H2,(H3,13,14)/b2-1-/t5?,6?,7-,9?,10-,11-/m1/s1. The van der Waals surface area contributed by atoms with E-state index in [2.05, 4.69) is 5.32 Å². The second-order valence-corrected chi connectivity index (χ2v) is 5.17. The van der Waals surface area contributed by atoms with Crippen molar-refractivity contribution in [2.24, 2.45) is 17.6 Å². The number of rotatable bonds is 4. The normalized spacial score (nSPS) is 52.6. The van der Waals surface area contributed by atoms with Crippen LogP contribution in [0.1, 0.15) is 6.42 Å². The lowest BCUT2D eigenvalue weighted by Crippen LogP contribution is -2.70. The Kier molecular flexibility index (Phi) is 2.27. The summed E-state index contributed by atoms with van der Waals surface area (Å²) >= 11 is 0. The average molecular weight is 257 g/mol. The Bertz CT molecular complexity index is 432. The molecule has 6 N–H and O–H groups in total. The minimum absolute atomic E-state index is 0.00491. The van der Waals surface area contributed by atoms with E-state index in [4.69, 9.17) is 21.0 Å². The first-order chi connectivity index (χ1) is 8.47. The van der Waals surface area contributed by atoms with Gasteiger partial charge in [-0.25, -0.2) is 4.39 Å². The van der Waals surface area contributed by atoms with Gasteiger partial charge in [0.25, 0.3) is 0 Å². The highest BCUT2D eigenvalue weighted by atomic mass is 19.1. The highest BCUT2D eigenvalue weighted by molar-refractivity contribution is 5.88. The van der Waals surface area contributed by atoms with Gasteiger partial charge in [-0.3, -0.25) is 5.41 Å². The van der Waals surface area contributed by atoms with Gasteiger partial charge in [-0.15, -0.1) is 0 Å². The largest absolute Gasteiger partial charge is 0.394 e. The van der Waals surface area contributed by atoms with Crippen LogP contribution < -0.4 is 11.1 Å². The molecule has 0 aromatic carbocycles. The smallest absolute Gasteiger partial charge is 0.189 e. The molecule has 0 radical (unpaired) electrons. The summed E-state index contributed by atoms with van der Waals surface area (Å²) in [5, 5.41) is 28.8. The molecular formula is C11H16FN3O3. The number of halogens is 1. The Balaban J connectivity index is 1.84. The number of aliphatic hydroxyl groups is 2. The molecule has 2 saturated carbocycles. The summed E-state index contributed by atoms with van der Waals surface area (Å²) in [5.41, 5.74) is 2.01. The van der Waals surface area contributed by atoms with Crippen molar-refractivity contribution in [2.75, 3.05) is 6.61 Å². The molecule has 1 aliphatic heterocycles. The van der Waals surface area contributed by atoms with Gasteiger partial charge in [0.15, 0.2) is 11.4 Å². The maximum absolute atomic E-state index is 14.9. The van der Waals surface area contributed by atoms with Crippen LogP contribution in [0.15, 0.2) is 12.3 Å². The van der Waals surface area contributed by atoms with Crippen LogP contribution in [0.25, 0.3) is 0 Å². The first kappa shape index (κ1) is 11.9. The Morgan fingerprint density at radius 2 is 2.33 bits per heavy atom. The molecule has 7 heteroatoms. The van der Waals surface area contributed by atoms with E-state index in [0.29, 0.717) is 6.42 Å². The summed E-state index contributed by atoms with van der Waals surface area (Å²) in [5.74, 6) is -0.361. The second kappa shape index (κ2) is 3.43. The monoisotopic (exact) mass is 257 g/mol. The van der Waals surface area contributed by atoms with Crippen LogP contribution in [0.3, 0.4) is 0 Å². The van der Waals surface area contributed by atoms with Crippen molar-refractivity contribution in [1.82, 2.24) is 5.32 Å². The fourth-order valence-electron chi connectivity index (χ4n) is 3.41. The van der Waals surface area contributed by atoms with E-state index in [0.717, 1.165) is 0 Å². The van der Waals surface area contributed by atoms with Crippen LogP contribution in [-0.4, -0.2) is 46.3 Å². The van der Waals surface area contributed by atoms with Crippen molar-refractivity contribution in [2.45, 2.75) is 30.0 Å². The summed E-state index contributed by atoms with van der Waals surface area (Å²) < 4.78 is 20.4. The number of ether oxygens (including phenoxy) is 1. The summed E-state index contributed by atoms with van der Waals surface area (Å²) in [4.78, 5) is 0. The van der Waals surface area contributed by atoms with Gasteiger partial charge in [0.1, 0.15) is 18.0 Å². The van der Waals surface area contributed by atoms with Crippen molar-refractivity contribution in [3.05, 3.63) is 12.3 Å². The topological polar surface area (TPSA) is 112 Å². The number of nitrogens with two attached hydrogens (primary N) is 1. The quantitative estimate of drug-likeness (QED) is 0.322. The highest BCUT2D eigenvalue weighted by Crippen LogP contribution is 2.74. The molecule has 6 nitrogen and oxygen atoms in total. The van der Waals surface area contributed by atoms with E-state index in [-0.39, 0.29) is 17.7 Å². The third-order valence-corrected chi connectivity index (χ3v) is 4.28. The van der Waals surface area contributed by atoms with Gasteiger partial charge in [-0.2, -0.15) is 0 Å². The van der Waals surface area contributed by atoms with Crippen LogP contribution in [0.5, 0.6) is 0 Å². The molecule has 100 valence electrons. The highest BCUT2D eigenvalue weighted by Gasteiger charge is 2.89. The third kappa shape index (κ3) is 1.14. The Morgan fingerprint density at radius 3 is 2.94 bits per heavy atom. The van der Waals surface area contributed by atoms with Crippen molar-refractivity contribution < 1.29 is 19.3 Å². The number of fused-ring (bicyclic) bond motifs is 4. The maximum atomic E-state index is 14.9. The molecule has 18 heavy (non-hydrogen) atoms. The molecule has 1 heterocycles. The van der Waals surface area contributed by atoms with Crippen LogP contribution in [0.4, 0.5) is 4.39 Å². The molecule has 0 bridgehead atoms. The van der Waals surface area contributed by atoms with Crippen molar-refractivity contribution >= 4 is 5.84 Å². The number of hydrogen-bond donors (Lipinski definition) is 5. The first-order valence-corrected chi connectivity index (χ1v) is 5.91.